The molecule has 2 aromatic carbocycles. The summed E-state index contributed by atoms with van der Waals surface area (Å²) in [7, 11) is 0. The highest BCUT2D eigenvalue weighted by molar-refractivity contribution is 5.33. The summed E-state index contributed by atoms with van der Waals surface area (Å²) < 4.78 is 19.4. The first kappa shape index (κ1) is 16.5. The van der Waals surface area contributed by atoms with Crippen LogP contribution in [0.4, 0.5) is 4.39 Å². The minimum Gasteiger partial charge on any atom is -0.488 e. The van der Waals surface area contributed by atoms with Crippen LogP contribution in [-0.2, 0) is 13.2 Å². The zero-order valence-electron chi connectivity index (χ0n) is 13.0. The van der Waals surface area contributed by atoms with Gasteiger partial charge >= 0.3 is 0 Å². The molecule has 0 aromatic heterocycles. The minimum absolute atomic E-state index is 0.0469. The second-order valence-electron chi connectivity index (χ2n) is 5.88. The first-order chi connectivity index (χ1) is 10.5. The van der Waals surface area contributed by atoms with E-state index >= 15 is 0 Å². The van der Waals surface area contributed by atoms with Gasteiger partial charge in [0, 0.05) is 23.2 Å². The topological polar surface area (TPSA) is 41.5 Å². The summed E-state index contributed by atoms with van der Waals surface area (Å²) in [6.45, 7) is 4.66. The monoisotopic (exact) mass is 303 g/mol. The molecule has 4 heteroatoms. The molecule has 2 aromatic rings. The molecule has 0 aliphatic heterocycles. The molecule has 3 nitrogen and oxygen atoms in total. The molecule has 0 bridgehead atoms. The van der Waals surface area contributed by atoms with Crippen molar-refractivity contribution < 1.29 is 14.2 Å². The Hall–Kier alpha value is -1.91. The van der Waals surface area contributed by atoms with Gasteiger partial charge in [0.1, 0.15) is 18.2 Å². The highest BCUT2D eigenvalue weighted by Gasteiger charge is 2.16. The number of benzene rings is 2. The Kier molecular flexibility index (Phi) is 5.52. The van der Waals surface area contributed by atoms with Crippen molar-refractivity contribution in [2.24, 2.45) is 0 Å². The van der Waals surface area contributed by atoms with Crippen LogP contribution < -0.4 is 10.1 Å². The predicted molar refractivity (Wildman–Crippen MR) is 85.2 cm³/mol. The molecule has 0 saturated heterocycles. The second kappa shape index (κ2) is 7.38. The summed E-state index contributed by atoms with van der Waals surface area (Å²) >= 11 is 0. The fourth-order valence-corrected chi connectivity index (χ4v) is 1.95. The number of ether oxygens (including phenoxy) is 1. The average molecular weight is 303 g/mol. The zero-order valence-corrected chi connectivity index (χ0v) is 13.0. The Morgan fingerprint density at radius 1 is 1.05 bits per heavy atom. The summed E-state index contributed by atoms with van der Waals surface area (Å²) in [6.07, 6.45) is 0. The lowest BCUT2D eigenvalue weighted by Gasteiger charge is -2.24. The number of halogens is 1. The third kappa shape index (κ3) is 4.55. The first-order valence-electron chi connectivity index (χ1n) is 7.32. The molecule has 22 heavy (non-hydrogen) atoms. The van der Waals surface area contributed by atoms with E-state index in [1.54, 1.807) is 18.2 Å². The van der Waals surface area contributed by atoms with E-state index < -0.39 is 0 Å². The number of rotatable bonds is 7. The van der Waals surface area contributed by atoms with Crippen LogP contribution in [0.5, 0.6) is 5.75 Å². The minimum atomic E-state index is -0.362. The third-order valence-corrected chi connectivity index (χ3v) is 3.47. The first-order valence-corrected chi connectivity index (χ1v) is 7.32. The van der Waals surface area contributed by atoms with Crippen LogP contribution in [0.1, 0.15) is 25.0 Å². The van der Waals surface area contributed by atoms with Crippen LogP contribution in [0, 0.1) is 5.82 Å². The molecule has 2 rings (SSSR count). The highest BCUT2D eigenvalue weighted by atomic mass is 19.1. The molecule has 118 valence electrons. The lowest BCUT2D eigenvalue weighted by molar-refractivity contribution is 0.186. The van der Waals surface area contributed by atoms with Gasteiger partial charge in [-0.2, -0.15) is 0 Å². The quantitative estimate of drug-likeness (QED) is 0.825. The fourth-order valence-electron chi connectivity index (χ4n) is 1.95. The maximum Gasteiger partial charge on any atom is 0.129 e. The molecule has 0 spiro atoms. The van der Waals surface area contributed by atoms with Crippen molar-refractivity contribution in [1.29, 1.82) is 0 Å². The smallest absolute Gasteiger partial charge is 0.129 e. The van der Waals surface area contributed by atoms with Crippen LogP contribution in [0.2, 0.25) is 0 Å². The second-order valence-corrected chi connectivity index (χ2v) is 5.88. The van der Waals surface area contributed by atoms with Crippen LogP contribution in [0.25, 0.3) is 0 Å². The van der Waals surface area contributed by atoms with E-state index in [2.05, 4.69) is 5.32 Å². The van der Waals surface area contributed by atoms with Crippen molar-refractivity contribution in [2.45, 2.75) is 32.5 Å². The maximum absolute atomic E-state index is 13.6. The largest absolute Gasteiger partial charge is 0.488 e. The van der Waals surface area contributed by atoms with E-state index in [1.165, 1.54) is 6.07 Å². The van der Waals surface area contributed by atoms with E-state index in [9.17, 15) is 9.50 Å². The van der Waals surface area contributed by atoms with Gasteiger partial charge in [-0.25, -0.2) is 4.39 Å². The summed E-state index contributed by atoms with van der Waals surface area (Å²) in [4.78, 5) is 0. The molecule has 0 heterocycles. The van der Waals surface area contributed by atoms with Gasteiger partial charge in [0.2, 0.25) is 0 Å². The summed E-state index contributed by atoms with van der Waals surface area (Å²) in [5.74, 6) is 0.450. The molecule has 0 unspecified atom stereocenters. The van der Waals surface area contributed by atoms with E-state index in [1.807, 2.05) is 38.1 Å². The van der Waals surface area contributed by atoms with Crippen LogP contribution in [0.15, 0.2) is 48.5 Å². The fraction of sp³-hybridized carbons (Fsp3) is 0.333. The van der Waals surface area contributed by atoms with Gasteiger partial charge in [0.25, 0.3) is 0 Å². The molecule has 0 amide bonds. The van der Waals surface area contributed by atoms with Gasteiger partial charge < -0.3 is 15.2 Å². The van der Waals surface area contributed by atoms with Gasteiger partial charge in [-0.1, -0.05) is 36.4 Å². The Morgan fingerprint density at radius 2 is 1.68 bits per heavy atom. The lowest BCUT2D eigenvalue weighted by Crippen LogP contribution is -2.42. The molecule has 2 N–H and O–H groups in total. The summed E-state index contributed by atoms with van der Waals surface area (Å²) in [5, 5.41) is 12.6. The Bertz CT molecular complexity index is 614. The van der Waals surface area contributed by atoms with Crippen LogP contribution in [0.3, 0.4) is 0 Å². The molecule has 0 atom stereocenters. The van der Waals surface area contributed by atoms with Crippen molar-refractivity contribution in [2.75, 3.05) is 6.61 Å². The van der Waals surface area contributed by atoms with E-state index in [0.29, 0.717) is 17.9 Å². The van der Waals surface area contributed by atoms with E-state index in [4.69, 9.17) is 4.74 Å². The van der Waals surface area contributed by atoms with Crippen molar-refractivity contribution in [3.63, 3.8) is 0 Å². The molecule has 0 saturated carbocycles. The molecule has 0 radical (unpaired) electrons. The van der Waals surface area contributed by atoms with Crippen molar-refractivity contribution in [3.8, 4) is 5.75 Å². The van der Waals surface area contributed by atoms with Crippen molar-refractivity contribution in [3.05, 3.63) is 65.5 Å². The Morgan fingerprint density at radius 3 is 2.36 bits per heavy atom. The van der Waals surface area contributed by atoms with E-state index in [0.717, 1.165) is 5.56 Å². The molecular formula is C18H22FNO2. The van der Waals surface area contributed by atoms with Gasteiger partial charge in [-0.3, -0.25) is 0 Å². The van der Waals surface area contributed by atoms with E-state index in [-0.39, 0.29) is 24.6 Å². The van der Waals surface area contributed by atoms with Gasteiger partial charge in [-0.05, 0) is 26.0 Å². The zero-order chi connectivity index (χ0) is 16.0. The van der Waals surface area contributed by atoms with Gasteiger partial charge in [0.05, 0.1) is 6.61 Å². The SMILES string of the molecule is CC(C)(CO)NCc1ccccc1OCc1ccccc1F. The van der Waals surface area contributed by atoms with Crippen LogP contribution >= 0.6 is 0 Å². The summed E-state index contributed by atoms with van der Waals surface area (Å²) in [6, 6.07) is 14.2. The summed E-state index contributed by atoms with van der Waals surface area (Å²) in [5.41, 5.74) is 1.14. The highest BCUT2D eigenvalue weighted by Crippen LogP contribution is 2.20. The number of nitrogens with one attached hydrogen (secondary N) is 1. The number of aliphatic hydroxyl groups is 1. The van der Waals surface area contributed by atoms with Crippen molar-refractivity contribution in [1.82, 2.24) is 5.32 Å². The number of hydrogen-bond acceptors (Lipinski definition) is 3. The van der Waals surface area contributed by atoms with Crippen molar-refractivity contribution >= 4 is 0 Å². The maximum atomic E-state index is 13.6. The number of para-hydroxylation sites is 1. The standard InChI is InChI=1S/C18H22FNO2/c1-18(2,13-21)20-11-14-7-4-6-10-17(14)22-12-15-8-3-5-9-16(15)19/h3-10,20-21H,11-13H2,1-2H3. The Balaban J connectivity index is 2.04. The number of aliphatic hydroxyl groups excluding tert-OH is 1. The Labute approximate surface area is 130 Å². The van der Waals surface area contributed by atoms with Crippen LogP contribution in [-0.4, -0.2) is 17.3 Å². The molecule has 0 fully saturated rings. The molecule has 0 aliphatic rings. The third-order valence-electron chi connectivity index (χ3n) is 3.47. The molecular weight excluding hydrogens is 281 g/mol. The normalized spacial score (nSPS) is 11.5. The predicted octanol–water partition coefficient (Wildman–Crippen LogP) is 3.27. The van der Waals surface area contributed by atoms with Gasteiger partial charge in [-0.15, -0.1) is 0 Å². The lowest BCUT2D eigenvalue weighted by atomic mass is 10.1. The molecule has 0 aliphatic carbocycles. The average Bonchev–Trinajstić information content (AvgIpc) is 2.53. The van der Waals surface area contributed by atoms with Gasteiger partial charge in [0.15, 0.2) is 0 Å². The number of hydrogen-bond donors (Lipinski definition) is 2.